The Balaban J connectivity index is 2.43. The van der Waals surface area contributed by atoms with Gasteiger partial charge in [0, 0.05) is 19.1 Å². The maximum atomic E-state index is 10.4. The van der Waals surface area contributed by atoms with Crippen LogP contribution < -0.4 is 5.73 Å². The van der Waals surface area contributed by atoms with E-state index in [0.29, 0.717) is 18.5 Å². The lowest BCUT2D eigenvalue weighted by molar-refractivity contribution is -0.0109. The number of nitrogens with zero attached hydrogens (tertiary/aromatic N) is 1. The molecule has 0 bridgehead atoms. The molecule has 1 aliphatic carbocycles. The van der Waals surface area contributed by atoms with Gasteiger partial charge < -0.3 is 15.7 Å². The van der Waals surface area contributed by atoms with E-state index in [1.807, 2.05) is 0 Å². The van der Waals surface area contributed by atoms with Crippen molar-refractivity contribution in [1.29, 1.82) is 0 Å². The van der Waals surface area contributed by atoms with Crippen molar-refractivity contribution in [3.05, 3.63) is 0 Å². The van der Waals surface area contributed by atoms with Crippen LogP contribution in [0.25, 0.3) is 0 Å². The molecule has 1 rings (SSSR count). The van der Waals surface area contributed by atoms with Gasteiger partial charge in [0.05, 0.1) is 5.60 Å². The van der Waals surface area contributed by atoms with Gasteiger partial charge in [-0.25, -0.2) is 0 Å². The zero-order valence-electron chi connectivity index (χ0n) is 10.4. The lowest BCUT2D eigenvalue weighted by Crippen LogP contribution is -2.51. The molecule has 90 valence electrons. The molecule has 0 saturated heterocycles. The van der Waals surface area contributed by atoms with E-state index in [1.165, 1.54) is 12.8 Å². The normalized spacial score (nSPS) is 22.8. The Labute approximate surface area is 93.6 Å². The Kier molecular flexibility index (Phi) is 4.56. The van der Waals surface area contributed by atoms with Gasteiger partial charge in [0.25, 0.3) is 0 Å². The predicted molar refractivity (Wildman–Crippen MR) is 63.7 cm³/mol. The number of hydrogen-bond acceptors (Lipinski definition) is 3. The Bertz CT molecular complexity index is 194. The van der Waals surface area contributed by atoms with Crippen LogP contribution in [0.3, 0.4) is 0 Å². The molecule has 1 aliphatic rings. The van der Waals surface area contributed by atoms with Crippen molar-refractivity contribution in [1.82, 2.24) is 4.90 Å². The van der Waals surface area contributed by atoms with E-state index in [9.17, 15) is 5.11 Å². The van der Waals surface area contributed by atoms with Gasteiger partial charge in [0.1, 0.15) is 0 Å². The highest BCUT2D eigenvalue weighted by atomic mass is 16.3. The summed E-state index contributed by atoms with van der Waals surface area (Å²) in [5.41, 5.74) is 5.05. The molecule has 0 heterocycles. The average Bonchev–Trinajstić information content (AvgIpc) is 3.01. The van der Waals surface area contributed by atoms with Gasteiger partial charge in [-0.15, -0.1) is 0 Å². The molecule has 3 heteroatoms. The molecular formula is C12H26N2O. The van der Waals surface area contributed by atoms with Crippen molar-refractivity contribution in [3.63, 3.8) is 0 Å². The quantitative estimate of drug-likeness (QED) is 0.669. The van der Waals surface area contributed by atoms with Crippen LogP contribution in [0.15, 0.2) is 0 Å². The molecule has 0 aromatic carbocycles. The van der Waals surface area contributed by atoms with Crippen LogP contribution in [-0.2, 0) is 0 Å². The van der Waals surface area contributed by atoms with Crippen molar-refractivity contribution in [2.24, 2.45) is 11.7 Å². The molecule has 0 aliphatic heterocycles. The third kappa shape index (κ3) is 3.44. The van der Waals surface area contributed by atoms with Crippen LogP contribution in [0.2, 0.25) is 0 Å². The number of hydrogen-bond donors (Lipinski definition) is 2. The van der Waals surface area contributed by atoms with E-state index in [2.05, 4.69) is 25.8 Å². The Morgan fingerprint density at radius 2 is 2.13 bits per heavy atom. The fraction of sp³-hybridized carbons (Fsp3) is 1.00. The van der Waals surface area contributed by atoms with E-state index >= 15 is 0 Å². The van der Waals surface area contributed by atoms with Crippen LogP contribution in [0.1, 0.15) is 39.5 Å². The zero-order valence-corrected chi connectivity index (χ0v) is 10.4. The van der Waals surface area contributed by atoms with Gasteiger partial charge in [-0.05, 0) is 39.2 Å². The highest BCUT2D eigenvalue weighted by Gasteiger charge is 2.43. The summed E-state index contributed by atoms with van der Waals surface area (Å²) in [6.45, 7) is 5.52. The Hall–Kier alpha value is -0.120. The number of rotatable bonds is 7. The second kappa shape index (κ2) is 5.28. The van der Waals surface area contributed by atoms with Gasteiger partial charge in [-0.1, -0.05) is 13.3 Å². The smallest absolute Gasteiger partial charge is 0.0923 e. The first-order valence-corrected chi connectivity index (χ1v) is 6.16. The predicted octanol–water partition coefficient (Wildman–Crippen LogP) is 1.21. The number of nitrogens with two attached hydrogens (primary N) is 1. The third-order valence-corrected chi connectivity index (χ3v) is 3.67. The van der Waals surface area contributed by atoms with Crippen molar-refractivity contribution < 1.29 is 5.11 Å². The van der Waals surface area contributed by atoms with Gasteiger partial charge in [0.2, 0.25) is 0 Å². The van der Waals surface area contributed by atoms with Crippen molar-refractivity contribution >= 4 is 0 Å². The minimum Gasteiger partial charge on any atom is -0.387 e. The Morgan fingerprint density at radius 3 is 2.53 bits per heavy atom. The second-order valence-electron chi connectivity index (χ2n) is 5.13. The maximum absolute atomic E-state index is 10.4. The molecule has 1 fully saturated rings. The van der Waals surface area contributed by atoms with Crippen LogP contribution in [0, 0.1) is 5.92 Å². The van der Waals surface area contributed by atoms with Gasteiger partial charge in [-0.3, -0.25) is 0 Å². The van der Waals surface area contributed by atoms with Crippen molar-refractivity contribution in [2.75, 3.05) is 20.1 Å². The summed E-state index contributed by atoms with van der Waals surface area (Å²) in [5, 5.41) is 10.4. The standard InChI is InChI=1S/C12H26N2O/c1-4-5-10(2)14(3)9-12(15,8-13)11-6-7-11/h10-11,15H,4-9,13H2,1-3H3. The van der Waals surface area contributed by atoms with Gasteiger partial charge in [0.15, 0.2) is 0 Å². The molecule has 0 aromatic heterocycles. The summed E-state index contributed by atoms with van der Waals surface area (Å²) < 4.78 is 0. The van der Waals surface area contributed by atoms with Crippen molar-refractivity contribution in [2.45, 2.75) is 51.2 Å². The molecule has 15 heavy (non-hydrogen) atoms. The van der Waals surface area contributed by atoms with Gasteiger partial charge >= 0.3 is 0 Å². The highest BCUT2D eigenvalue weighted by Crippen LogP contribution is 2.39. The molecule has 0 aromatic rings. The molecule has 3 N–H and O–H groups in total. The van der Waals surface area contributed by atoms with Crippen LogP contribution in [0.4, 0.5) is 0 Å². The zero-order chi connectivity index (χ0) is 11.5. The lowest BCUT2D eigenvalue weighted by atomic mass is 9.96. The maximum Gasteiger partial charge on any atom is 0.0923 e. The summed E-state index contributed by atoms with van der Waals surface area (Å²) in [7, 11) is 2.09. The third-order valence-electron chi connectivity index (χ3n) is 3.67. The molecule has 0 amide bonds. The summed E-state index contributed by atoms with van der Waals surface area (Å²) in [6, 6.07) is 0.534. The lowest BCUT2D eigenvalue weighted by Gasteiger charge is -2.34. The SMILES string of the molecule is CCCC(C)N(C)CC(O)(CN)C1CC1. The summed E-state index contributed by atoms with van der Waals surface area (Å²) >= 11 is 0. The fourth-order valence-electron chi connectivity index (χ4n) is 2.21. The monoisotopic (exact) mass is 214 g/mol. The summed E-state index contributed by atoms with van der Waals surface area (Å²) in [6.07, 6.45) is 4.66. The minimum absolute atomic E-state index is 0.390. The second-order valence-corrected chi connectivity index (χ2v) is 5.13. The average molecular weight is 214 g/mol. The topological polar surface area (TPSA) is 49.5 Å². The number of likely N-dealkylation sites (N-methyl/N-ethyl adjacent to an activating group) is 1. The highest BCUT2D eigenvalue weighted by molar-refractivity contribution is 4.97. The Morgan fingerprint density at radius 1 is 1.53 bits per heavy atom. The molecule has 3 nitrogen and oxygen atoms in total. The fourth-order valence-corrected chi connectivity index (χ4v) is 2.21. The van der Waals surface area contributed by atoms with Gasteiger partial charge in [-0.2, -0.15) is 0 Å². The number of aliphatic hydroxyl groups is 1. The summed E-state index contributed by atoms with van der Waals surface area (Å²) in [4.78, 5) is 2.24. The molecule has 1 saturated carbocycles. The first-order chi connectivity index (χ1) is 7.03. The minimum atomic E-state index is -0.642. The molecular weight excluding hydrogens is 188 g/mol. The first kappa shape index (κ1) is 12.9. The van der Waals surface area contributed by atoms with Crippen molar-refractivity contribution in [3.8, 4) is 0 Å². The van der Waals surface area contributed by atoms with E-state index in [0.717, 1.165) is 19.4 Å². The van der Waals surface area contributed by atoms with Crippen LogP contribution >= 0.6 is 0 Å². The molecule has 0 radical (unpaired) electrons. The van der Waals surface area contributed by atoms with Crippen LogP contribution in [0.5, 0.6) is 0 Å². The van der Waals surface area contributed by atoms with E-state index in [-0.39, 0.29) is 0 Å². The van der Waals surface area contributed by atoms with E-state index in [1.54, 1.807) is 0 Å². The molecule has 0 spiro atoms. The van der Waals surface area contributed by atoms with E-state index < -0.39 is 5.60 Å². The van der Waals surface area contributed by atoms with E-state index in [4.69, 9.17) is 5.73 Å². The first-order valence-electron chi connectivity index (χ1n) is 6.16. The summed E-state index contributed by atoms with van der Waals surface area (Å²) in [5.74, 6) is 0.443. The van der Waals surface area contributed by atoms with Crippen LogP contribution in [-0.4, -0.2) is 41.8 Å². The molecule has 2 unspecified atom stereocenters. The largest absolute Gasteiger partial charge is 0.387 e. The molecule has 2 atom stereocenters.